The number of hydrogen-bond acceptors (Lipinski definition) is 3. The summed E-state index contributed by atoms with van der Waals surface area (Å²) in [6, 6.07) is 3.82. The zero-order chi connectivity index (χ0) is 12.3. The third-order valence-electron chi connectivity index (χ3n) is 2.60. The van der Waals surface area contributed by atoms with Crippen LogP contribution in [0.5, 0.6) is 0 Å². The zero-order valence-corrected chi connectivity index (χ0v) is 11.1. The van der Waals surface area contributed by atoms with Crippen LogP contribution in [-0.4, -0.2) is 19.9 Å². The van der Waals surface area contributed by atoms with Gasteiger partial charge in [-0.1, -0.05) is 6.07 Å². The molecule has 1 N–H and O–H groups in total. The van der Waals surface area contributed by atoms with Crippen molar-refractivity contribution in [1.82, 2.24) is 14.8 Å². The third kappa shape index (κ3) is 2.73. The summed E-state index contributed by atoms with van der Waals surface area (Å²) in [5, 5.41) is 14.4. The van der Waals surface area contributed by atoms with E-state index in [4.69, 9.17) is 0 Å². The number of aromatic nitrogens is 3. The summed E-state index contributed by atoms with van der Waals surface area (Å²) in [5.74, 6) is 0. The molecule has 2 heterocycles. The van der Waals surface area contributed by atoms with Crippen molar-refractivity contribution >= 4 is 15.9 Å². The van der Waals surface area contributed by atoms with Gasteiger partial charge in [-0.2, -0.15) is 5.10 Å². The molecule has 1 unspecified atom stereocenters. The molecule has 0 radical (unpaired) electrons. The molecule has 0 aliphatic rings. The maximum atomic E-state index is 10.2. The monoisotopic (exact) mass is 295 g/mol. The van der Waals surface area contributed by atoms with E-state index in [1.54, 1.807) is 23.3 Å². The molecular weight excluding hydrogens is 282 g/mol. The van der Waals surface area contributed by atoms with Crippen molar-refractivity contribution in [3.8, 4) is 0 Å². The first kappa shape index (κ1) is 12.3. The van der Waals surface area contributed by atoms with Gasteiger partial charge in [-0.15, -0.1) is 0 Å². The molecule has 4 nitrogen and oxygen atoms in total. The van der Waals surface area contributed by atoms with E-state index in [2.05, 4.69) is 26.0 Å². The molecular formula is C12H14BrN3O. The van der Waals surface area contributed by atoms with E-state index in [0.29, 0.717) is 6.42 Å². The molecule has 5 heteroatoms. The van der Waals surface area contributed by atoms with E-state index in [1.807, 2.05) is 19.1 Å². The van der Waals surface area contributed by atoms with Crippen molar-refractivity contribution in [3.63, 3.8) is 0 Å². The predicted molar refractivity (Wildman–Crippen MR) is 68.5 cm³/mol. The Morgan fingerprint density at radius 2 is 2.29 bits per heavy atom. The van der Waals surface area contributed by atoms with Crippen LogP contribution >= 0.6 is 15.9 Å². The molecule has 2 aromatic rings. The van der Waals surface area contributed by atoms with Crippen LogP contribution in [-0.2, 0) is 13.0 Å². The van der Waals surface area contributed by atoms with Crippen LogP contribution in [0.25, 0.3) is 0 Å². The van der Waals surface area contributed by atoms with Gasteiger partial charge in [0, 0.05) is 25.4 Å². The number of rotatable bonds is 4. The summed E-state index contributed by atoms with van der Waals surface area (Å²) in [6.45, 7) is 2.74. The minimum Gasteiger partial charge on any atom is -0.386 e. The Labute approximate surface area is 108 Å². The van der Waals surface area contributed by atoms with Gasteiger partial charge in [0.2, 0.25) is 0 Å². The van der Waals surface area contributed by atoms with Gasteiger partial charge in [0.15, 0.2) is 0 Å². The summed E-state index contributed by atoms with van der Waals surface area (Å²) in [7, 11) is 0. The Bertz CT molecular complexity index is 484. The SMILES string of the molecule is CCn1ncc(Br)c1C(O)Cc1cccnc1. The van der Waals surface area contributed by atoms with Gasteiger partial charge in [-0.05, 0) is 34.5 Å². The number of hydrogen-bond donors (Lipinski definition) is 1. The highest BCUT2D eigenvalue weighted by Gasteiger charge is 2.17. The standard InChI is InChI=1S/C12H14BrN3O/c1-2-16-12(10(13)8-15-16)11(17)6-9-4-3-5-14-7-9/h3-5,7-8,11,17H,2,6H2,1H3. The molecule has 90 valence electrons. The largest absolute Gasteiger partial charge is 0.386 e. The molecule has 0 spiro atoms. The van der Waals surface area contributed by atoms with E-state index in [-0.39, 0.29) is 0 Å². The molecule has 0 saturated carbocycles. The Balaban J connectivity index is 2.20. The van der Waals surface area contributed by atoms with Gasteiger partial charge < -0.3 is 5.11 Å². The molecule has 0 amide bonds. The van der Waals surface area contributed by atoms with Gasteiger partial charge in [0.25, 0.3) is 0 Å². The lowest BCUT2D eigenvalue weighted by Crippen LogP contribution is -2.10. The Kier molecular flexibility index (Phi) is 3.91. The maximum Gasteiger partial charge on any atom is 0.101 e. The Morgan fingerprint density at radius 1 is 1.47 bits per heavy atom. The number of pyridine rings is 1. The molecule has 0 bridgehead atoms. The van der Waals surface area contributed by atoms with Crippen LogP contribution < -0.4 is 0 Å². The first-order valence-corrected chi connectivity index (χ1v) is 6.29. The van der Waals surface area contributed by atoms with Crippen molar-refractivity contribution in [2.45, 2.75) is 26.0 Å². The minimum atomic E-state index is -0.573. The fourth-order valence-electron chi connectivity index (χ4n) is 1.79. The lowest BCUT2D eigenvalue weighted by atomic mass is 10.1. The summed E-state index contributed by atoms with van der Waals surface area (Å²) < 4.78 is 2.64. The normalized spacial score (nSPS) is 12.6. The lowest BCUT2D eigenvalue weighted by Gasteiger charge is -2.13. The maximum absolute atomic E-state index is 10.2. The number of aliphatic hydroxyl groups is 1. The van der Waals surface area contributed by atoms with Gasteiger partial charge in [-0.25, -0.2) is 0 Å². The quantitative estimate of drug-likeness (QED) is 0.942. The van der Waals surface area contributed by atoms with Crippen molar-refractivity contribution < 1.29 is 5.11 Å². The van der Waals surface area contributed by atoms with Crippen molar-refractivity contribution in [2.24, 2.45) is 0 Å². The first-order valence-electron chi connectivity index (χ1n) is 5.50. The minimum absolute atomic E-state index is 0.540. The smallest absolute Gasteiger partial charge is 0.101 e. The number of aryl methyl sites for hydroxylation is 1. The molecule has 0 saturated heterocycles. The summed E-state index contributed by atoms with van der Waals surface area (Å²) >= 11 is 3.41. The fourth-order valence-corrected chi connectivity index (χ4v) is 2.35. The van der Waals surface area contributed by atoms with Crippen LogP contribution in [0, 0.1) is 0 Å². The molecule has 2 aromatic heterocycles. The van der Waals surface area contributed by atoms with Crippen LogP contribution in [0.15, 0.2) is 35.2 Å². The topological polar surface area (TPSA) is 50.9 Å². The molecule has 0 fully saturated rings. The van der Waals surface area contributed by atoms with Crippen molar-refractivity contribution in [3.05, 3.63) is 46.5 Å². The number of halogens is 1. The molecule has 0 aliphatic carbocycles. The average Bonchev–Trinajstić information content (AvgIpc) is 2.71. The van der Waals surface area contributed by atoms with E-state index < -0.39 is 6.10 Å². The average molecular weight is 296 g/mol. The highest BCUT2D eigenvalue weighted by Crippen LogP contribution is 2.25. The first-order chi connectivity index (χ1) is 8.22. The number of nitrogens with zero attached hydrogens (tertiary/aromatic N) is 3. The van der Waals surface area contributed by atoms with E-state index >= 15 is 0 Å². The zero-order valence-electron chi connectivity index (χ0n) is 9.55. The molecule has 0 aromatic carbocycles. The van der Waals surface area contributed by atoms with Crippen LogP contribution in [0.1, 0.15) is 24.3 Å². The van der Waals surface area contributed by atoms with E-state index in [9.17, 15) is 5.11 Å². The summed E-state index contributed by atoms with van der Waals surface area (Å²) in [5.41, 5.74) is 1.83. The van der Waals surface area contributed by atoms with Crippen LogP contribution in [0.3, 0.4) is 0 Å². The molecule has 1 atom stereocenters. The van der Waals surface area contributed by atoms with Crippen molar-refractivity contribution in [1.29, 1.82) is 0 Å². The van der Waals surface area contributed by atoms with Crippen molar-refractivity contribution in [2.75, 3.05) is 0 Å². The number of aliphatic hydroxyl groups excluding tert-OH is 1. The van der Waals surface area contributed by atoms with Gasteiger partial charge in [0.05, 0.1) is 16.4 Å². The highest BCUT2D eigenvalue weighted by atomic mass is 79.9. The fraction of sp³-hybridized carbons (Fsp3) is 0.333. The predicted octanol–water partition coefficient (Wildman–Crippen LogP) is 2.34. The van der Waals surface area contributed by atoms with E-state index in [0.717, 1.165) is 22.3 Å². The van der Waals surface area contributed by atoms with Gasteiger partial charge >= 0.3 is 0 Å². The van der Waals surface area contributed by atoms with Crippen LogP contribution in [0.2, 0.25) is 0 Å². The van der Waals surface area contributed by atoms with Crippen LogP contribution in [0.4, 0.5) is 0 Å². The second-order valence-corrected chi connectivity index (χ2v) is 4.63. The summed E-state index contributed by atoms with van der Waals surface area (Å²) in [4.78, 5) is 4.04. The second-order valence-electron chi connectivity index (χ2n) is 3.77. The molecule has 17 heavy (non-hydrogen) atoms. The third-order valence-corrected chi connectivity index (χ3v) is 3.21. The summed E-state index contributed by atoms with van der Waals surface area (Å²) in [6.07, 6.45) is 5.17. The Morgan fingerprint density at radius 3 is 2.94 bits per heavy atom. The molecule has 0 aliphatic heterocycles. The van der Waals surface area contributed by atoms with Gasteiger partial charge in [0.1, 0.15) is 6.10 Å². The lowest BCUT2D eigenvalue weighted by molar-refractivity contribution is 0.166. The van der Waals surface area contributed by atoms with Gasteiger partial charge in [-0.3, -0.25) is 9.67 Å². The van der Waals surface area contributed by atoms with E-state index in [1.165, 1.54) is 0 Å². The molecule has 2 rings (SSSR count). The Hall–Kier alpha value is -1.20. The second kappa shape index (κ2) is 5.42. The highest BCUT2D eigenvalue weighted by molar-refractivity contribution is 9.10.